The topological polar surface area (TPSA) is 284 Å². The number of aldehydes is 2. The zero-order valence-corrected chi connectivity index (χ0v) is 59.5. The molecule has 1 unspecified atom stereocenters. The number of nitrogens with zero attached hydrogens (tertiary/aromatic N) is 6. The van der Waals surface area contributed by atoms with Gasteiger partial charge >= 0.3 is 11.9 Å². The largest absolute Gasteiger partial charge is 0.462 e. The van der Waals surface area contributed by atoms with Gasteiger partial charge in [0.25, 0.3) is 33.7 Å². The first-order valence-electron chi connectivity index (χ1n) is 28.3. The Hall–Kier alpha value is -8.53. The minimum absolute atomic E-state index is 0.0124. The molecule has 0 aliphatic carbocycles. The molecule has 22 nitrogen and oxygen atoms in total. The summed E-state index contributed by atoms with van der Waals surface area (Å²) >= 11 is 68.0. The molecule has 4 N–H and O–H groups in total. The van der Waals surface area contributed by atoms with E-state index in [1.165, 1.54) is 83.9 Å². The number of ether oxygens (including phenoxy) is 2. The van der Waals surface area contributed by atoms with E-state index >= 15 is 0 Å². The zero-order chi connectivity index (χ0) is 71.7. The third-order valence-electron chi connectivity index (χ3n) is 13.7. The maximum absolute atomic E-state index is 13.5. The quantitative estimate of drug-likeness (QED) is 0.0422. The molecule has 0 aromatic heterocycles. The van der Waals surface area contributed by atoms with Gasteiger partial charge in [-0.25, -0.2) is 38.0 Å². The summed E-state index contributed by atoms with van der Waals surface area (Å²) in [5.41, 5.74) is 8.45. The highest BCUT2D eigenvalue weighted by atomic mass is 35.5. The van der Waals surface area contributed by atoms with Crippen molar-refractivity contribution >= 4 is 237 Å². The summed E-state index contributed by atoms with van der Waals surface area (Å²) in [5.74, 6) is -3.74. The van der Waals surface area contributed by atoms with E-state index in [1.54, 1.807) is 73.7 Å². The second-order valence-corrected chi connectivity index (χ2v) is 26.7. The van der Waals surface area contributed by atoms with Gasteiger partial charge in [-0.05, 0) is 111 Å². The number of hydrazone groups is 1. The van der Waals surface area contributed by atoms with Crippen molar-refractivity contribution in [2.75, 3.05) is 26.4 Å². The fraction of sp³-hybridized carbons (Fsp3) is 0.0923. The number of anilines is 4. The molecule has 4 amide bonds. The number of carbonyl (C=O) groups excluding carboxylic acids is 8. The molecule has 0 radical (unpaired) electrons. The lowest BCUT2D eigenvalue weighted by Crippen LogP contribution is -2.43. The van der Waals surface area contributed by atoms with E-state index in [0.29, 0.717) is 56.0 Å². The first kappa shape index (κ1) is 74.7. The number of halogens is 11. The summed E-state index contributed by atoms with van der Waals surface area (Å²) in [6, 6.07) is 36.6. The summed E-state index contributed by atoms with van der Waals surface area (Å²) in [6.07, 6.45) is -0.439. The van der Waals surface area contributed by atoms with Gasteiger partial charge in [-0.2, -0.15) is 5.01 Å². The Morgan fingerprint density at radius 3 is 1.71 bits per heavy atom. The van der Waals surface area contributed by atoms with Crippen LogP contribution in [0.4, 0.5) is 34.1 Å². The number of amidine groups is 3. The second kappa shape index (κ2) is 32.6. The molecule has 8 aromatic carbocycles. The number of hydrogen-bond donors (Lipinski definition) is 4. The highest BCUT2D eigenvalue weighted by molar-refractivity contribution is 7.92. The van der Waals surface area contributed by atoms with E-state index in [-0.39, 0.29) is 122 Å². The first-order chi connectivity index (χ1) is 47.1. The Morgan fingerprint density at radius 1 is 0.596 bits per heavy atom. The Morgan fingerprint density at radius 2 is 1.14 bits per heavy atom. The molecule has 1 atom stereocenters. The highest BCUT2D eigenvalue weighted by Crippen LogP contribution is 2.47. The summed E-state index contributed by atoms with van der Waals surface area (Å²) < 4.78 is 38.6. The van der Waals surface area contributed by atoms with Crippen LogP contribution < -0.4 is 35.9 Å². The van der Waals surface area contributed by atoms with Gasteiger partial charge in [0.05, 0.1) is 92.2 Å². The van der Waals surface area contributed by atoms with Gasteiger partial charge in [-0.1, -0.05) is 182 Å². The van der Waals surface area contributed by atoms with Crippen LogP contribution in [-0.2, 0) is 33.9 Å². The normalized spacial score (nSPS) is 14.9. The molecule has 0 bridgehead atoms. The van der Waals surface area contributed by atoms with E-state index in [2.05, 4.69) is 36.0 Å². The van der Waals surface area contributed by atoms with Crippen LogP contribution in [0, 0.1) is 6.92 Å². The standard InChI is InChI=1S/C30H21Cl3N4O6S.C19H12Cl5N3O4.C16H10Cl3N3O2/c1-17-10-12-22(13-11-17)44(41,42)36-21-9-5-8-19(14-21)28(38)34-27-26(43-30(40)18-6-3-2-4-7-18)29(39)37(35-27)25-23(32)15-20(31)16-24(25)33;1-2-31-19(30)13-14(21)16(23)18(17(24)15(13)22)27-12(29)6-11(26-27)25-10-5-8(7-28)3-4-9(10)20;17-10-2-4-12(19)14(6-10)22-16(24)7-15(21-22)20-13-5-9(8-23)1-3-11(13)18/h2-16,26,36H,1H3,(H,34,35,38);3-5,7H,2,6H2,1H3,(H,25,26);1-6,8H,7H2,(H,20,21). The van der Waals surface area contributed by atoms with E-state index in [1.807, 2.05) is 6.92 Å². The number of sulfonamides is 1. The fourth-order valence-corrected chi connectivity index (χ4v) is 12.9. The number of amides is 4. The van der Waals surface area contributed by atoms with Crippen molar-refractivity contribution in [2.45, 2.75) is 37.7 Å². The Labute approximate surface area is 618 Å². The number of aliphatic imine (C=N–C) groups is 2. The van der Waals surface area contributed by atoms with Crippen LogP contribution in [0.25, 0.3) is 0 Å². The number of esters is 2. The molecule has 3 heterocycles. The molecule has 2 saturated heterocycles. The monoisotopic (exact) mass is 1570 g/mol. The lowest BCUT2D eigenvalue weighted by atomic mass is 10.2. The third kappa shape index (κ3) is 17.7. The van der Waals surface area contributed by atoms with Crippen molar-refractivity contribution < 1.29 is 56.2 Å². The molecule has 508 valence electrons. The van der Waals surface area contributed by atoms with Crippen molar-refractivity contribution in [1.82, 2.24) is 16.2 Å². The predicted octanol–water partition coefficient (Wildman–Crippen LogP) is 16.4. The maximum atomic E-state index is 13.5. The Kier molecular flexibility index (Phi) is 24.6. The van der Waals surface area contributed by atoms with Gasteiger partial charge in [-0.15, -0.1) is 5.10 Å². The SMILES string of the molecule is CCOC(=O)c1c(Cl)c(Cl)c(N2NC(=Nc3cc(C=O)ccc3Cl)CC2=O)c(Cl)c1Cl.Cc1ccc(S(=O)(=O)Nc2cccc(C(=O)NC3=NN(c4c(Cl)cc(Cl)cc4Cl)C(=O)C3OC(=O)c3ccccc3)c2)cc1.O=Cc1ccc(Cl)c(N=C2CC(=O)N(c3cc(Cl)ccc3Cl)N2)c1. The van der Waals surface area contributed by atoms with Gasteiger partial charge in [0, 0.05) is 32.4 Å². The fourth-order valence-electron chi connectivity index (χ4n) is 9.06. The van der Waals surface area contributed by atoms with E-state index in [9.17, 15) is 46.8 Å². The molecular weight excluding hydrogens is 1530 g/mol. The number of nitrogens with one attached hydrogen (secondary N) is 4. The smallest absolute Gasteiger partial charge is 0.341 e. The van der Waals surface area contributed by atoms with E-state index in [0.717, 1.165) is 15.6 Å². The van der Waals surface area contributed by atoms with Gasteiger partial charge in [0.1, 0.15) is 41.2 Å². The predicted molar refractivity (Wildman–Crippen MR) is 385 cm³/mol. The van der Waals surface area contributed by atoms with Crippen molar-refractivity contribution in [1.29, 1.82) is 0 Å². The lowest BCUT2D eigenvalue weighted by molar-refractivity contribution is -0.123. The molecule has 99 heavy (non-hydrogen) atoms. The molecule has 0 spiro atoms. The molecule has 3 aliphatic rings. The van der Waals surface area contributed by atoms with Crippen LogP contribution in [0.1, 0.15) is 77.1 Å². The van der Waals surface area contributed by atoms with Crippen LogP contribution in [0.2, 0.25) is 55.2 Å². The summed E-state index contributed by atoms with van der Waals surface area (Å²) in [6.45, 7) is 3.53. The highest BCUT2D eigenvalue weighted by Gasteiger charge is 2.43. The van der Waals surface area contributed by atoms with Crippen LogP contribution in [0.5, 0.6) is 0 Å². The number of rotatable bonds is 15. The number of hydrazine groups is 2. The third-order valence-corrected chi connectivity index (χ3v) is 18.8. The number of hydrogen-bond acceptors (Lipinski definition) is 15. The zero-order valence-electron chi connectivity index (χ0n) is 50.4. The summed E-state index contributed by atoms with van der Waals surface area (Å²) in [7, 11) is -3.95. The van der Waals surface area contributed by atoms with Crippen molar-refractivity contribution in [3.63, 3.8) is 0 Å². The molecular formula is C65H43Cl11N10O12S. The van der Waals surface area contributed by atoms with Gasteiger partial charge in [0.15, 0.2) is 5.84 Å². The second-order valence-electron chi connectivity index (χ2n) is 20.6. The molecule has 34 heteroatoms. The van der Waals surface area contributed by atoms with Crippen LogP contribution in [-0.4, -0.2) is 86.8 Å². The molecule has 8 aromatic rings. The number of carbonyl (C=O) groups is 8. The number of benzene rings is 8. The van der Waals surface area contributed by atoms with Gasteiger partial charge < -0.3 is 14.8 Å². The molecule has 11 rings (SSSR count). The van der Waals surface area contributed by atoms with Gasteiger partial charge in [-0.3, -0.25) is 44.3 Å². The summed E-state index contributed by atoms with van der Waals surface area (Å²) in [4.78, 5) is 107. The van der Waals surface area contributed by atoms with Crippen LogP contribution in [0.15, 0.2) is 166 Å². The molecule has 2 fully saturated rings. The molecule has 0 saturated carbocycles. The van der Waals surface area contributed by atoms with Crippen molar-refractivity contribution in [3.8, 4) is 0 Å². The minimum atomic E-state index is -3.95. The molecule has 3 aliphatic heterocycles. The first-order valence-corrected chi connectivity index (χ1v) is 33.9. The number of aryl methyl sites for hydroxylation is 1. The van der Waals surface area contributed by atoms with E-state index in [4.69, 9.17) is 137 Å². The average Bonchev–Trinajstić information content (AvgIpc) is 1.76. The van der Waals surface area contributed by atoms with E-state index < -0.39 is 45.8 Å². The average molecular weight is 1580 g/mol. The Bertz CT molecular complexity index is 4790. The summed E-state index contributed by atoms with van der Waals surface area (Å²) in [5, 5.41) is 10.7. The van der Waals surface area contributed by atoms with Gasteiger partial charge in [0.2, 0.25) is 6.10 Å². The maximum Gasteiger partial charge on any atom is 0.341 e. The van der Waals surface area contributed by atoms with Crippen LogP contribution in [0.3, 0.4) is 0 Å². The minimum Gasteiger partial charge on any atom is -0.462 e. The van der Waals surface area contributed by atoms with Crippen LogP contribution >= 0.6 is 128 Å². The van der Waals surface area contributed by atoms with Crippen molar-refractivity contribution in [3.05, 3.63) is 234 Å². The van der Waals surface area contributed by atoms with Crippen molar-refractivity contribution in [2.24, 2.45) is 15.1 Å². The lowest BCUT2D eigenvalue weighted by Gasteiger charge is -2.22. The Balaban J connectivity index is 0.000000182.